The quantitative estimate of drug-likeness (QED) is 0.687. The van der Waals surface area contributed by atoms with Crippen molar-refractivity contribution < 1.29 is 0 Å². The van der Waals surface area contributed by atoms with Gasteiger partial charge in [0.2, 0.25) is 0 Å². The average molecular weight is 236 g/mol. The van der Waals surface area contributed by atoms with E-state index in [-0.39, 0.29) is 0 Å². The Morgan fingerprint density at radius 3 is 2.50 bits per heavy atom. The van der Waals surface area contributed by atoms with Crippen LogP contribution in [0.2, 0.25) is 0 Å². The van der Waals surface area contributed by atoms with E-state index >= 15 is 0 Å². The Kier molecular flexibility index (Phi) is 2.61. The third-order valence-corrected chi connectivity index (χ3v) is 2.72. The van der Waals surface area contributed by atoms with Crippen molar-refractivity contribution in [1.29, 1.82) is 0 Å². The van der Waals surface area contributed by atoms with Gasteiger partial charge in [-0.25, -0.2) is 4.68 Å². The van der Waals surface area contributed by atoms with Gasteiger partial charge >= 0.3 is 0 Å². The largest absolute Gasteiger partial charge is 0.254 e. The summed E-state index contributed by atoms with van der Waals surface area (Å²) in [6.07, 6.45) is 3.63. The first-order valence-corrected chi connectivity index (χ1v) is 5.74. The summed E-state index contributed by atoms with van der Waals surface area (Å²) >= 11 is 0. The molecule has 0 unspecified atom stereocenters. The maximum Gasteiger partial charge on any atom is 0.131 e. The second-order valence-electron chi connectivity index (χ2n) is 4.10. The summed E-state index contributed by atoms with van der Waals surface area (Å²) in [7, 11) is 0. The molecule has 88 valence electrons. The SMILES string of the molecule is Cc1ccc(-n2cc(-c3ccccn3)nn2)cc1. The molecule has 0 radical (unpaired) electrons. The molecule has 0 N–H and O–H groups in total. The summed E-state index contributed by atoms with van der Waals surface area (Å²) in [5.74, 6) is 0. The second-order valence-corrected chi connectivity index (χ2v) is 4.10. The maximum atomic E-state index is 4.25. The molecule has 4 heteroatoms. The lowest BCUT2D eigenvalue weighted by atomic mass is 10.2. The van der Waals surface area contributed by atoms with E-state index in [4.69, 9.17) is 0 Å². The fourth-order valence-electron chi connectivity index (χ4n) is 1.72. The topological polar surface area (TPSA) is 43.6 Å². The van der Waals surface area contributed by atoms with Crippen LogP contribution in [-0.2, 0) is 0 Å². The maximum absolute atomic E-state index is 4.25. The lowest BCUT2D eigenvalue weighted by Crippen LogP contribution is -1.94. The van der Waals surface area contributed by atoms with Crippen LogP contribution in [0.5, 0.6) is 0 Å². The van der Waals surface area contributed by atoms with Gasteiger partial charge in [-0.2, -0.15) is 0 Å². The van der Waals surface area contributed by atoms with Crippen LogP contribution in [0.4, 0.5) is 0 Å². The fraction of sp³-hybridized carbons (Fsp3) is 0.0714. The van der Waals surface area contributed by atoms with Gasteiger partial charge in [-0.1, -0.05) is 29.0 Å². The molecule has 0 saturated heterocycles. The van der Waals surface area contributed by atoms with E-state index in [9.17, 15) is 0 Å². The second kappa shape index (κ2) is 4.41. The number of aryl methyl sites for hydroxylation is 1. The molecule has 0 spiro atoms. The number of benzene rings is 1. The summed E-state index contributed by atoms with van der Waals surface area (Å²) in [6, 6.07) is 13.9. The molecular weight excluding hydrogens is 224 g/mol. The van der Waals surface area contributed by atoms with Crippen LogP contribution in [0.15, 0.2) is 54.9 Å². The number of nitrogens with zero attached hydrogens (tertiary/aromatic N) is 4. The summed E-state index contributed by atoms with van der Waals surface area (Å²) in [5, 5.41) is 8.25. The zero-order chi connectivity index (χ0) is 12.4. The van der Waals surface area contributed by atoms with Gasteiger partial charge in [-0.05, 0) is 31.2 Å². The molecule has 0 saturated carbocycles. The van der Waals surface area contributed by atoms with Gasteiger partial charge in [0.1, 0.15) is 5.69 Å². The molecule has 2 heterocycles. The minimum atomic E-state index is 0.774. The van der Waals surface area contributed by atoms with Gasteiger partial charge < -0.3 is 0 Å². The Morgan fingerprint density at radius 2 is 1.78 bits per heavy atom. The molecule has 0 fully saturated rings. The van der Waals surface area contributed by atoms with Crippen LogP contribution >= 0.6 is 0 Å². The van der Waals surface area contributed by atoms with E-state index < -0.39 is 0 Å². The third kappa shape index (κ3) is 2.00. The third-order valence-electron chi connectivity index (χ3n) is 2.72. The van der Waals surface area contributed by atoms with Crippen molar-refractivity contribution in [1.82, 2.24) is 20.0 Å². The van der Waals surface area contributed by atoms with Gasteiger partial charge in [-0.15, -0.1) is 5.10 Å². The highest BCUT2D eigenvalue weighted by Gasteiger charge is 2.05. The van der Waals surface area contributed by atoms with E-state index in [2.05, 4.69) is 34.4 Å². The number of pyridine rings is 1. The first kappa shape index (κ1) is 10.7. The number of rotatable bonds is 2. The molecule has 3 rings (SSSR count). The summed E-state index contributed by atoms with van der Waals surface area (Å²) < 4.78 is 1.75. The number of aromatic nitrogens is 4. The summed E-state index contributed by atoms with van der Waals surface area (Å²) in [4.78, 5) is 4.25. The van der Waals surface area contributed by atoms with Crippen molar-refractivity contribution in [2.75, 3.05) is 0 Å². The first-order chi connectivity index (χ1) is 8.83. The number of hydrogen-bond donors (Lipinski definition) is 0. The first-order valence-electron chi connectivity index (χ1n) is 5.74. The normalized spacial score (nSPS) is 10.5. The van der Waals surface area contributed by atoms with Gasteiger partial charge in [-0.3, -0.25) is 4.98 Å². The predicted octanol–water partition coefficient (Wildman–Crippen LogP) is 2.64. The molecule has 0 aliphatic rings. The van der Waals surface area contributed by atoms with Crippen molar-refractivity contribution in [3.8, 4) is 17.1 Å². The van der Waals surface area contributed by atoms with E-state index in [1.54, 1.807) is 10.9 Å². The molecule has 4 nitrogen and oxygen atoms in total. The van der Waals surface area contributed by atoms with E-state index in [1.807, 2.05) is 36.5 Å². The Labute approximate surface area is 105 Å². The minimum Gasteiger partial charge on any atom is -0.254 e. The van der Waals surface area contributed by atoms with Gasteiger partial charge in [0.05, 0.1) is 17.6 Å². The molecule has 1 aromatic carbocycles. The fourth-order valence-corrected chi connectivity index (χ4v) is 1.72. The van der Waals surface area contributed by atoms with Crippen LogP contribution < -0.4 is 0 Å². The Hall–Kier alpha value is -2.49. The Bertz CT molecular complexity index is 641. The monoisotopic (exact) mass is 236 g/mol. The minimum absolute atomic E-state index is 0.774. The molecule has 2 aromatic heterocycles. The van der Waals surface area contributed by atoms with Crippen molar-refractivity contribution >= 4 is 0 Å². The number of hydrogen-bond acceptors (Lipinski definition) is 3. The summed E-state index contributed by atoms with van der Waals surface area (Å²) in [6.45, 7) is 2.06. The van der Waals surface area contributed by atoms with E-state index in [1.165, 1.54) is 5.56 Å². The standard InChI is InChI=1S/C14H12N4/c1-11-5-7-12(8-6-11)18-10-14(16-17-18)13-4-2-3-9-15-13/h2-10H,1H3. The smallest absolute Gasteiger partial charge is 0.131 e. The molecule has 0 aliphatic heterocycles. The van der Waals surface area contributed by atoms with Crippen LogP contribution in [0.3, 0.4) is 0 Å². The zero-order valence-corrected chi connectivity index (χ0v) is 9.99. The highest BCUT2D eigenvalue weighted by molar-refractivity contribution is 5.52. The van der Waals surface area contributed by atoms with Crippen LogP contribution in [0, 0.1) is 6.92 Å². The average Bonchev–Trinajstić information content (AvgIpc) is 2.90. The van der Waals surface area contributed by atoms with Crippen molar-refractivity contribution in [3.63, 3.8) is 0 Å². The zero-order valence-electron chi connectivity index (χ0n) is 9.99. The van der Waals surface area contributed by atoms with E-state index in [0.29, 0.717) is 0 Å². The predicted molar refractivity (Wildman–Crippen MR) is 69.3 cm³/mol. The molecule has 0 aliphatic carbocycles. The lowest BCUT2D eigenvalue weighted by molar-refractivity contribution is 0.803. The van der Waals surface area contributed by atoms with Gasteiger partial charge in [0.25, 0.3) is 0 Å². The van der Waals surface area contributed by atoms with Gasteiger partial charge in [0.15, 0.2) is 0 Å². The van der Waals surface area contributed by atoms with Crippen LogP contribution in [0.1, 0.15) is 5.56 Å². The van der Waals surface area contributed by atoms with Crippen molar-refractivity contribution in [2.45, 2.75) is 6.92 Å². The molecule has 0 atom stereocenters. The van der Waals surface area contributed by atoms with E-state index in [0.717, 1.165) is 17.1 Å². The highest BCUT2D eigenvalue weighted by atomic mass is 15.4. The molecule has 0 bridgehead atoms. The van der Waals surface area contributed by atoms with Crippen molar-refractivity contribution in [2.24, 2.45) is 0 Å². The van der Waals surface area contributed by atoms with Crippen LogP contribution in [-0.4, -0.2) is 20.0 Å². The highest BCUT2D eigenvalue weighted by Crippen LogP contribution is 2.14. The van der Waals surface area contributed by atoms with Crippen LogP contribution in [0.25, 0.3) is 17.1 Å². The van der Waals surface area contributed by atoms with Crippen molar-refractivity contribution in [3.05, 3.63) is 60.4 Å². The lowest BCUT2D eigenvalue weighted by Gasteiger charge is -1.99. The van der Waals surface area contributed by atoms with Gasteiger partial charge in [0, 0.05) is 6.20 Å². The Balaban J connectivity index is 1.97. The molecule has 18 heavy (non-hydrogen) atoms. The summed E-state index contributed by atoms with van der Waals surface area (Å²) in [5.41, 5.74) is 3.83. The molecular formula is C14H12N4. The molecule has 3 aromatic rings. The Morgan fingerprint density at radius 1 is 0.944 bits per heavy atom. The molecule has 0 amide bonds.